The standard InChI is InChI=1S/C9H10N4/c10-5-8-3-4-12-13-9(8)11-6-7-1-2-7/h3-4,7H,1-2,6H2,(H,11,13). The zero-order valence-electron chi connectivity index (χ0n) is 7.20. The summed E-state index contributed by atoms with van der Waals surface area (Å²) in [7, 11) is 0. The van der Waals surface area contributed by atoms with Crippen molar-refractivity contribution in [2.75, 3.05) is 11.9 Å². The van der Waals surface area contributed by atoms with Gasteiger partial charge in [0.1, 0.15) is 6.07 Å². The van der Waals surface area contributed by atoms with Crippen molar-refractivity contribution < 1.29 is 0 Å². The van der Waals surface area contributed by atoms with Crippen LogP contribution in [0.5, 0.6) is 0 Å². The second kappa shape index (κ2) is 3.40. The summed E-state index contributed by atoms with van der Waals surface area (Å²) in [4.78, 5) is 0. The fraction of sp³-hybridized carbons (Fsp3) is 0.444. The number of nitrogens with zero attached hydrogens (tertiary/aromatic N) is 3. The Balaban J connectivity index is 2.05. The second-order valence-corrected chi connectivity index (χ2v) is 3.23. The lowest BCUT2D eigenvalue weighted by Crippen LogP contribution is -2.07. The molecule has 0 unspecified atom stereocenters. The molecule has 1 fully saturated rings. The van der Waals surface area contributed by atoms with Gasteiger partial charge < -0.3 is 5.32 Å². The Bertz CT molecular complexity index is 338. The highest BCUT2D eigenvalue weighted by molar-refractivity contribution is 5.50. The topological polar surface area (TPSA) is 61.6 Å². The normalized spacial score (nSPS) is 15.0. The van der Waals surface area contributed by atoms with Gasteiger partial charge in [0.25, 0.3) is 0 Å². The number of nitrogens with one attached hydrogen (secondary N) is 1. The summed E-state index contributed by atoms with van der Waals surface area (Å²) in [6.07, 6.45) is 4.10. The summed E-state index contributed by atoms with van der Waals surface area (Å²) >= 11 is 0. The van der Waals surface area contributed by atoms with E-state index < -0.39 is 0 Å². The second-order valence-electron chi connectivity index (χ2n) is 3.23. The zero-order chi connectivity index (χ0) is 9.10. The number of hydrogen-bond donors (Lipinski definition) is 1. The van der Waals surface area contributed by atoms with E-state index in [0.29, 0.717) is 11.4 Å². The van der Waals surface area contributed by atoms with E-state index in [1.165, 1.54) is 19.0 Å². The van der Waals surface area contributed by atoms with Crippen molar-refractivity contribution in [1.29, 1.82) is 5.26 Å². The number of anilines is 1. The highest BCUT2D eigenvalue weighted by Crippen LogP contribution is 2.28. The molecule has 1 N–H and O–H groups in total. The first-order valence-corrected chi connectivity index (χ1v) is 4.36. The summed E-state index contributed by atoms with van der Waals surface area (Å²) < 4.78 is 0. The SMILES string of the molecule is N#Cc1ccnnc1NCC1CC1. The van der Waals surface area contributed by atoms with E-state index in [-0.39, 0.29) is 0 Å². The summed E-state index contributed by atoms with van der Waals surface area (Å²) in [6.45, 7) is 0.910. The lowest BCUT2D eigenvalue weighted by Gasteiger charge is -2.03. The Hall–Kier alpha value is -1.63. The highest BCUT2D eigenvalue weighted by atomic mass is 15.2. The molecule has 1 aromatic rings. The summed E-state index contributed by atoms with van der Waals surface area (Å²) in [5, 5.41) is 19.5. The molecule has 0 atom stereocenters. The molecule has 1 aliphatic rings. The minimum absolute atomic E-state index is 0.565. The molecule has 1 heterocycles. The third-order valence-corrected chi connectivity index (χ3v) is 2.10. The first kappa shape index (κ1) is 7.99. The molecule has 0 aliphatic heterocycles. The molecule has 0 saturated heterocycles. The molecule has 4 heteroatoms. The summed E-state index contributed by atoms with van der Waals surface area (Å²) in [5.41, 5.74) is 0.565. The molecule has 66 valence electrons. The molecule has 0 bridgehead atoms. The van der Waals surface area contributed by atoms with E-state index in [1.807, 2.05) is 0 Å². The third-order valence-electron chi connectivity index (χ3n) is 2.10. The van der Waals surface area contributed by atoms with Gasteiger partial charge in [-0.05, 0) is 24.8 Å². The minimum Gasteiger partial charge on any atom is -0.367 e. The zero-order valence-corrected chi connectivity index (χ0v) is 7.20. The van der Waals surface area contributed by atoms with Crippen LogP contribution in [0.1, 0.15) is 18.4 Å². The molecule has 1 aliphatic carbocycles. The van der Waals surface area contributed by atoms with Crippen LogP contribution in [0.4, 0.5) is 5.82 Å². The maximum absolute atomic E-state index is 8.74. The highest BCUT2D eigenvalue weighted by Gasteiger charge is 2.21. The summed E-state index contributed by atoms with van der Waals surface area (Å²) in [6, 6.07) is 3.74. The van der Waals surface area contributed by atoms with E-state index >= 15 is 0 Å². The number of aromatic nitrogens is 2. The molecular weight excluding hydrogens is 164 g/mol. The maximum atomic E-state index is 8.74. The number of hydrogen-bond acceptors (Lipinski definition) is 4. The van der Waals surface area contributed by atoms with Crippen LogP contribution >= 0.6 is 0 Å². The number of rotatable bonds is 3. The monoisotopic (exact) mass is 174 g/mol. The van der Waals surface area contributed by atoms with Gasteiger partial charge in [0, 0.05) is 6.54 Å². The first-order chi connectivity index (χ1) is 6.40. The Morgan fingerprint density at radius 2 is 2.46 bits per heavy atom. The predicted octanol–water partition coefficient (Wildman–Crippen LogP) is 1.17. The van der Waals surface area contributed by atoms with Crippen LogP contribution in [-0.4, -0.2) is 16.7 Å². The molecule has 0 spiro atoms. The van der Waals surface area contributed by atoms with E-state index in [1.54, 1.807) is 6.07 Å². The van der Waals surface area contributed by atoms with Gasteiger partial charge in [0.15, 0.2) is 5.82 Å². The molecule has 0 aromatic carbocycles. The van der Waals surface area contributed by atoms with E-state index in [9.17, 15) is 0 Å². The van der Waals surface area contributed by atoms with Crippen LogP contribution in [0.2, 0.25) is 0 Å². The van der Waals surface area contributed by atoms with Crippen LogP contribution in [0.25, 0.3) is 0 Å². The van der Waals surface area contributed by atoms with Gasteiger partial charge in [-0.1, -0.05) is 0 Å². The van der Waals surface area contributed by atoms with E-state index in [0.717, 1.165) is 12.5 Å². The molecule has 0 radical (unpaired) electrons. The lowest BCUT2D eigenvalue weighted by atomic mass is 10.3. The lowest BCUT2D eigenvalue weighted by molar-refractivity contribution is 0.872. The fourth-order valence-electron chi connectivity index (χ4n) is 1.12. The van der Waals surface area contributed by atoms with Crippen LogP contribution < -0.4 is 5.32 Å². The molecule has 1 saturated carbocycles. The first-order valence-electron chi connectivity index (χ1n) is 4.36. The van der Waals surface area contributed by atoms with Gasteiger partial charge >= 0.3 is 0 Å². The van der Waals surface area contributed by atoms with Gasteiger partial charge in [-0.3, -0.25) is 0 Å². The molecule has 0 amide bonds. The Labute approximate surface area is 76.6 Å². The van der Waals surface area contributed by atoms with Crippen molar-refractivity contribution in [3.8, 4) is 6.07 Å². The smallest absolute Gasteiger partial charge is 0.166 e. The van der Waals surface area contributed by atoms with Crippen LogP contribution in [0.15, 0.2) is 12.3 Å². The maximum Gasteiger partial charge on any atom is 0.166 e. The van der Waals surface area contributed by atoms with Crippen molar-refractivity contribution in [2.45, 2.75) is 12.8 Å². The third kappa shape index (κ3) is 1.94. The van der Waals surface area contributed by atoms with E-state index in [2.05, 4.69) is 21.6 Å². The molecule has 2 rings (SSSR count). The van der Waals surface area contributed by atoms with Crippen molar-refractivity contribution in [3.63, 3.8) is 0 Å². The average Bonchev–Trinajstić information content (AvgIpc) is 2.99. The van der Waals surface area contributed by atoms with Crippen molar-refractivity contribution >= 4 is 5.82 Å². The van der Waals surface area contributed by atoms with Crippen molar-refractivity contribution in [1.82, 2.24) is 10.2 Å². The van der Waals surface area contributed by atoms with E-state index in [4.69, 9.17) is 5.26 Å². The van der Waals surface area contributed by atoms with Gasteiger partial charge in [-0.25, -0.2) is 0 Å². The Morgan fingerprint density at radius 1 is 1.62 bits per heavy atom. The van der Waals surface area contributed by atoms with Crippen LogP contribution in [0.3, 0.4) is 0 Å². The summed E-state index contributed by atoms with van der Waals surface area (Å²) in [5.74, 6) is 1.38. The van der Waals surface area contributed by atoms with Gasteiger partial charge in [0.2, 0.25) is 0 Å². The minimum atomic E-state index is 0.565. The molecule has 1 aromatic heterocycles. The van der Waals surface area contributed by atoms with Gasteiger partial charge in [0.05, 0.1) is 11.8 Å². The van der Waals surface area contributed by atoms with Gasteiger partial charge in [-0.2, -0.15) is 10.4 Å². The van der Waals surface area contributed by atoms with Crippen molar-refractivity contribution in [3.05, 3.63) is 17.8 Å². The Morgan fingerprint density at radius 3 is 3.15 bits per heavy atom. The van der Waals surface area contributed by atoms with Crippen LogP contribution in [-0.2, 0) is 0 Å². The largest absolute Gasteiger partial charge is 0.367 e. The quantitative estimate of drug-likeness (QED) is 0.747. The Kier molecular flexibility index (Phi) is 2.09. The molecule has 13 heavy (non-hydrogen) atoms. The fourth-order valence-corrected chi connectivity index (χ4v) is 1.12. The number of nitriles is 1. The van der Waals surface area contributed by atoms with Gasteiger partial charge in [-0.15, -0.1) is 5.10 Å². The predicted molar refractivity (Wildman–Crippen MR) is 48.0 cm³/mol. The van der Waals surface area contributed by atoms with Crippen molar-refractivity contribution in [2.24, 2.45) is 5.92 Å². The average molecular weight is 174 g/mol. The molecule has 4 nitrogen and oxygen atoms in total. The molecular formula is C9H10N4. The van der Waals surface area contributed by atoms with Crippen LogP contribution in [0, 0.1) is 17.2 Å².